The molecular formula is C52H34N2O. The first kappa shape index (κ1) is 31.2. The van der Waals surface area contributed by atoms with Crippen molar-refractivity contribution in [1.82, 2.24) is 4.57 Å². The van der Waals surface area contributed by atoms with Crippen LogP contribution in [0.1, 0.15) is 0 Å². The maximum absolute atomic E-state index is 7.05. The maximum atomic E-state index is 7.05. The third-order valence-corrected chi connectivity index (χ3v) is 11.0. The molecule has 3 heteroatoms. The fourth-order valence-electron chi connectivity index (χ4n) is 8.48. The molecule has 0 aliphatic carbocycles. The van der Waals surface area contributed by atoms with Crippen LogP contribution in [0.15, 0.2) is 211 Å². The number of benzene rings is 9. The van der Waals surface area contributed by atoms with E-state index in [0.29, 0.717) is 0 Å². The Morgan fingerprint density at radius 3 is 1.80 bits per heavy atom. The first-order chi connectivity index (χ1) is 27.3. The second kappa shape index (κ2) is 12.6. The molecule has 55 heavy (non-hydrogen) atoms. The average molecular weight is 703 g/mol. The molecule has 0 unspecified atom stereocenters. The first-order valence-electron chi connectivity index (χ1n) is 18.8. The number of anilines is 3. The highest BCUT2D eigenvalue weighted by Crippen LogP contribution is 2.48. The van der Waals surface area contributed by atoms with E-state index in [1.54, 1.807) is 0 Å². The SMILES string of the molecule is c1ccc(-c2ccc(N(c3ccc4c5ccccc5n(-c5ccccc5)c4c3)c3ccc(-c4ccccc4)c4c3oc3ccc5ccccc5c34)cc2)cc1. The van der Waals surface area contributed by atoms with Crippen molar-refractivity contribution < 1.29 is 4.42 Å². The molecule has 0 saturated carbocycles. The minimum absolute atomic E-state index is 0.851. The second-order valence-corrected chi connectivity index (χ2v) is 14.1. The molecule has 0 N–H and O–H groups in total. The quantitative estimate of drug-likeness (QED) is 0.172. The fraction of sp³-hybridized carbons (Fsp3) is 0. The van der Waals surface area contributed by atoms with E-state index in [-0.39, 0.29) is 0 Å². The highest BCUT2D eigenvalue weighted by atomic mass is 16.3. The van der Waals surface area contributed by atoms with E-state index in [2.05, 4.69) is 216 Å². The van der Waals surface area contributed by atoms with Crippen LogP contribution in [0.4, 0.5) is 17.1 Å². The summed E-state index contributed by atoms with van der Waals surface area (Å²) < 4.78 is 9.43. The summed E-state index contributed by atoms with van der Waals surface area (Å²) in [6, 6.07) is 73.8. The van der Waals surface area contributed by atoms with Crippen LogP contribution in [-0.4, -0.2) is 4.57 Å². The van der Waals surface area contributed by atoms with Crippen LogP contribution in [0, 0.1) is 0 Å². The molecule has 0 atom stereocenters. The molecule has 0 amide bonds. The van der Waals surface area contributed by atoms with Crippen molar-refractivity contribution in [2.45, 2.75) is 0 Å². The molecule has 11 rings (SSSR count). The Morgan fingerprint density at radius 2 is 1.02 bits per heavy atom. The van der Waals surface area contributed by atoms with Crippen molar-refractivity contribution in [1.29, 1.82) is 0 Å². The van der Waals surface area contributed by atoms with Gasteiger partial charge in [0.15, 0.2) is 5.58 Å². The molecule has 0 saturated heterocycles. The molecular weight excluding hydrogens is 669 g/mol. The number of rotatable bonds is 6. The van der Waals surface area contributed by atoms with E-state index < -0.39 is 0 Å². The van der Waals surface area contributed by atoms with Gasteiger partial charge in [0.2, 0.25) is 0 Å². The molecule has 2 heterocycles. The Balaban J connectivity index is 1.22. The lowest BCUT2D eigenvalue weighted by Gasteiger charge is -2.26. The zero-order valence-corrected chi connectivity index (χ0v) is 29.9. The van der Waals surface area contributed by atoms with Crippen molar-refractivity contribution in [2.24, 2.45) is 0 Å². The minimum Gasteiger partial charge on any atom is -0.454 e. The molecule has 3 nitrogen and oxygen atoms in total. The minimum atomic E-state index is 0.851. The summed E-state index contributed by atoms with van der Waals surface area (Å²) in [5.74, 6) is 0. The summed E-state index contributed by atoms with van der Waals surface area (Å²) in [6.45, 7) is 0. The molecule has 258 valence electrons. The van der Waals surface area contributed by atoms with Gasteiger partial charge in [0.1, 0.15) is 5.58 Å². The smallest absolute Gasteiger partial charge is 0.160 e. The van der Waals surface area contributed by atoms with Gasteiger partial charge >= 0.3 is 0 Å². The van der Waals surface area contributed by atoms with Crippen molar-refractivity contribution in [3.05, 3.63) is 206 Å². The molecule has 0 aliphatic heterocycles. The standard InChI is InChI=1S/C52H34N2O/c1-4-14-35(15-5-1)36-24-27-40(28-25-36)53(41-29-30-45-44-22-12-13-23-46(44)54(48(45)34-41)39-19-8-3-9-20-39)47-32-31-43(37-16-6-2-7-17-37)51-50-42-21-11-10-18-38(42)26-33-49(50)55-52(47)51/h1-34H. The number of furan rings is 1. The topological polar surface area (TPSA) is 21.3 Å². The Labute approximate surface area is 318 Å². The lowest BCUT2D eigenvalue weighted by Crippen LogP contribution is -2.10. The number of aromatic nitrogens is 1. The van der Waals surface area contributed by atoms with Gasteiger partial charge in [-0.15, -0.1) is 0 Å². The van der Waals surface area contributed by atoms with Gasteiger partial charge in [-0.25, -0.2) is 0 Å². The predicted molar refractivity (Wildman–Crippen MR) is 231 cm³/mol. The molecule has 0 spiro atoms. The maximum Gasteiger partial charge on any atom is 0.160 e. The summed E-state index contributed by atoms with van der Waals surface area (Å²) in [6.07, 6.45) is 0. The number of para-hydroxylation sites is 2. The summed E-state index contributed by atoms with van der Waals surface area (Å²) in [5.41, 5.74) is 12.9. The monoisotopic (exact) mass is 702 g/mol. The van der Waals surface area contributed by atoms with Crippen LogP contribution in [0.3, 0.4) is 0 Å². The van der Waals surface area contributed by atoms with Crippen LogP contribution in [-0.2, 0) is 0 Å². The molecule has 0 bridgehead atoms. The molecule has 0 aliphatic rings. The zero-order valence-electron chi connectivity index (χ0n) is 29.9. The van der Waals surface area contributed by atoms with Crippen molar-refractivity contribution in [3.8, 4) is 27.9 Å². The Bertz CT molecular complexity index is 3180. The van der Waals surface area contributed by atoms with Crippen LogP contribution in [0.25, 0.3) is 82.5 Å². The molecule has 0 fully saturated rings. The first-order valence-corrected chi connectivity index (χ1v) is 18.8. The molecule has 0 radical (unpaired) electrons. The number of fused-ring (bicyclic) bond motifs is 8. The second-order valence-electron chi connectivity index (χ2n) is 14.1. The third-order valence-electron chi connectivity index (χ3n) is 11.0. The Kier molecular flexibility index (Phi) is 7.17. The molecule has 11 aromatic rings. The van der Waals surface area contributed by atoms with E-state index in [0.717, 1.165) is 61.3 Å². The van der Waals surface area contributed by atoms with E-state index in [1.807, 2.05) is 0 Å². The zero-order chi connectivity index (χ0) is 36.3. The van der Waals surface area contributed by atoms with Gasteiger partial charge in [-0.1, -0.05) is 152 Å². The summed E-state index contributed by atoms with van der Waals surface area (Å²) in [5, 5.41) is 7.05. The number of hydrogen-bond donors (Lipinski definition) is 0. The van der Waals surface area contributed by atoms with Gasteiger partial charge in [0.25, 0.3) is 0 Å². The lowest BCUT2D eigenvalue weighted by molar-refractivity contribution is 0.669. The van der Waals surface area contributed by atoms with Crippen molar-refractivity contribution >= 4 is 71.6 Å². The number of nitrogens with zero attached hydrogens (tertiary/aromatic N) is 2. The van der Waals surface area contributed by atoms with Crippen LogP contribution < -0.4 is 4.90 Å². The average Bonchev–Trinajstić information content (AvgIpc) is 3.82. The normalized spacial score (nSPS) is 11.6. The van der Waals surface area contributed by atoms with E-state index in [1.165, 1.54) is 38.2 Å². The predicted octanol–water partition coefficient (Wildman–Crippen LogP) is 14.6. The van der Waals surface area contributed by atoms with Crippen molar-refractivity contribution in [2.75, 3.05) is 4.90 Å². The fourth-order valence-corrected chi connectivity index (χ4v) is 8.48. The van der Waals surface area contributed by atoms with Gasteiger partial charge in [0.05, 0.1) is 16.7 Å². The van der Waals surface area contributed by atoms with Gasteiger partial charge in [0, 0.05) is 38.6 Å². The van der Waals surface area contributed by atoms with Crippen LogP contribution >= 0.6 is 0 Å². The molecule has 2 aromatic heterocycles. The third kappa shape index (κ3) is 5.05. The van der Waals surface area contributed by atoms with Gasteiger partial charge in [-0.3, -0.25) is 0 Å². The Morgan fingerprint density at radius 1 is 0.400 bits per heavy atom. The Hall–Kier alpha value is -7.36. The van der Waals surface area contributed by atoms with Gasteiger partial charge in [-0.2, -0.15) is 0 Å². The van der Waals surface area contributed by atoms with Crippen molar-refractivity contribution in [3.63, 3.8) is 0 Å². The van der Waals surface area contributed by atoms with Crippen LogP contribution in [0.2, 0.25) is 0 Å². The van der Waals surface area contributed by atoms with E-state index >= 15 is 0 Å². The summed E-state index contributed by atoms with van der Waals surface area (Å²) >= 11 is 0. The van der Waals surface area contributed by atoms with E-state index in [9.17, 15) is 0 Å². The highest BCUT2D eigenvalue weighted by Gasteiger charge is 2.24. The van der Waals surface area contributed by atoms with Gasteiger partial charge in [-0.05, 0) is 87.6 Å². The highest BCUT2D eigenvalue weighted by molar-refractivity contribution is 6.25. The van der Waals surface area contributed by atoms with Gasteiger partial charge < -0.3 is 13.9 Å². The summed E-state index contributed by atoms with van der Waals surface area (Å²) in [7, 11) is 0. The largest absolute Gasteiger partial charge is 0.454 e. The lowest BCUT2D eigenvalue weighted by atomic mass is 9.95. The summed E-state index contributed by atoms with van der Waals surface area (Å²) in [4.78, 5) is 2.36. The van der Waals surface area contributed by atoms with E-state index in [4.69, 9.17) is 4.42 Å². The number of hydrogen-bond acceptors (Lipinski definition) is 2. The van der Waals surface area contributed by atoms with Crippen LogP contribution in [0.5, 0.6) is 0 Å². The molecule has 9 aromatic carbocycles.